The van der Waals surface area contributed by atoms with E-state index in [0.29, 0.717) is 9.97 Å². The Bertz CT molecular complexity index is 5930. The van der Waals surface area contributed by atoms with Crippen molar-refractivity contribution in [3.8, 4) is 45.6 Å². The molecule has 136 heavy (non-hydrogen) atoms. The van der Waals surface area contributed by atoms with Gasteiger partial charge in [0.1, 0.15) is 0 Å². The third-order valence-corrected chi connectivity index (χ3v) is 119. The van der Waals surface area contributed by atoms with Crippen molar-refractivity contribution in [1.29, 1.82) is 0 Å². The molecule has 0 unspecified atom stereocenters. The Labute approximate surface area is 674 Å². The number of fused-ring (bicyclic) bond motifs is 20. The molecule has 5 heterocycles. The van der Waals surface area contributed by atoms with Gasteiger partial charge in [-0.25, -0.2) is 13.2 Å². The van der Waals surface area contributed by atoms with E-state index in [1.54, 1.807) is 4.98 Å². The zero-order valence-corrected chi connectivity index (χ0v) is 62.2. The van der Waals surface area contributed by atoms with Crippen LogP contribution in [0.5, 0.6) is 0 Å². The van der Waals surface area contributed by atoms with Crippen molar-refractivity contribution < 1.29 is 321 Å². The molecule has 2 aliphatic rings. The van der Waals surface area contributed by atoms with Gasteiger partial charge in [0.25, 0.3) is 0 Å². The summed E-state index contributed by atoms with van der Waals surface area (Å²) in [6.45, 7) is 0. The molecule has 0 spiro atoms. The molecule has 0 fully saturated rings. The summed E-state index contributed by atoms with van der Waals surface area (Å²) in [5, 5.41) is -25.0. The number of benzene rings is 4. The number of nitrogens with one attached hydrogen (secondary N) is 2. The molecule has 0 amide bonds. The van der Waals surface area contributed by atoms with Crippen LogP contribution in [-0.2, 0) is 8.90 Å². The van der Waals surface area contributed by atoms with Crippen LogP contribution in [0.25, 0.3) is 89.7 Å². The molecule has 0 radical (unpaired) electrons. The van der Waals surface area contributed by atoms with Gasteiger partial charge < -0.3 is 0 Å². The summed E-state index contributed by atoms with van der Waals surface area (Å²) in [6, 6.07) is 0. The van der Waals surface area contributed by atoms with Gasteiger partial charge in [-0.05, 0) is 0 Å². The quantitative estimate of drug-likeness (QED) is 0.0645. The van der Waals surface area contributed by atoms with Gasteiger partial charge in [0.2, 0.25) is 0 Å². The molecule has 0 aliphatic carbocycles. The van der Waals surface area contributed by atoms with E-state index in [0.717, 1.165) is 4.98 Å². The average molecular weight is 2200 g/mol. The number of hydrogen-bond acceptors (Lipinski definition) is 6. The molecule has 2 N–H and O–H groups in total. The van der Waals surface area contributed by atoms with Gasteiger partial charge in [-0.3, -0.25) is 0 Å². The van der Waals surface area contributed by atoms with E-state index in [1.807, 2.05) is 0 Å². The van der Waals surface area contributed by atoms with Crippen molar-refractivity contribution >= 4 is 48.3 Å². The zero-order valence-electron chi connectivity index (χ0n) is 59.2. The first kappa shape index (κ1) is 110. The number of rotatable bonds is 9. The maximum atomic E-state index is 22.2. The van der Waals surface area contributed by atoms with Crippen LogP contribution in [0.3, 0.4) is 0 Å². The van der Waals surface area contributed by atoms with E-state index >= 15 is 312 Å². The van der Waals surface area contributed by atoms with Crippen LogP contribution < -0.4 is 4.16 Å². The summed E-state index contributed by atoms with van der Waals surface area (Å²) in [5.74, 6) is -98.6. The zero-order chi connectivity index (χ0) is 107. The molecule has 0 atom stereocenters. The number of aromatic amines is 2. The molecule has 4 aromatic carbocycles. The topological polar surface area (TPSA) is 109 Å². The average Bonchev–Trinajstić information content (AvgIpc) is 0.515. The Morgan fingerprint density at radius 2 is 0.257 bits per heavy atom. The summed E-state index contributed by atoms with van der Waals surface area (Å²) >= 11 is 0. The van der Waals surface area contributed by atoms with Crippen LogP contribution in [0.2, 0.25) is 0 Å². The Morgan fingerprint density at radius 3 is 0.397 bits per heavy atom. The van der Waals surface area contributed by atoms with Crippen LogP contribution in [0.15, 0.2) is 0 Å². The number of alkyl halides is 56. The minimum absolute atomic E-state index is 0.304. The molecular weight excluding hydrogens is 2200 g/mol. The predicted molar refractivity (Wildman–Crippen MR) is 283 cm³/mol. The number of H-pyrrole nitrogens is 2. The SMILES string of the molecule is Fc1c(F)c(F)c2c(c1F)-c1nc-2nc2[nH]c(nc3nc(nc4[nH]c(n1)c1c(F)c(F)c(F)c(F)c41)-c1c(F)c(F)c(F)c(F)c1-3)c1[c]([Zn]([C](F)(C(F)(F)F)C(F)(F)F)([C](F)(C(F)(F)F)C(F)(F)F)([C](F)(C(F)(F)F)C(F)(F)F)([C](F)(C(F)(F)F)C(F)(F)F)([C](F)(C(F)(F)F)C(F)(F)F)([C](F)(C(F)(F)F)C(F)(F)F)([C](F)(C(F)(F)F)C(F)(F)F)[C](F)(C(F)(F)F)C(F)(F)F)c(F)c(F)c(F)c21. The monoisotopic (exact) mass is 2200 g/mol. The molecule has 8 bridgehead atoms. The van der Waals surface area contributed by atoms with Gasteiger partial charge in [-0.2, -0.15) is 0 Å². The van der Waals surface area contributed by atoms with E-state index in [1.165, 1.54) is 4.98 Å². The standard InChI is InChI=1S/C32H2F15N8.8C3F7.Zn/c33-3-1-2-4(12(35)11(3)34)26-48-25(2)49-27-5-6(14(37)20(43)19(42)13(5)36)29(51-27)53-31-9-10(18(41)24(47)23(46)17(9)40)32(55-31)54-30-8-7(28(50-26)52-30)15(38)21(44)22(45)16(8)39;8*4-1(2(5,6)7)3(8,9)10;/h(H2,48,49,50,51,52,53,54,55);;;;;;;;;. The number of nitrogens with zero attached hydrogens (tertiary/aromatic N) is 6. The molecule has 8 nitrogen and oxygen atoms in total. The first-order valence-electron chi connectivity index (χ1n) is 32.3. The van der Waals surface area contributed by atoms with Gasteiger partial charge in [0, 0.05) is 0 Å². The van der Waals surface area contributed by atoms with Crippen LogP contribution >= 0.6 is 0 Å². The maximum absolute atomic E-state index is 38.2. The van der Waals surface area contributed by atoms with Crippen LogP contribution in [0.1, 0.15) is 0 Å². The molecule has 7 aromatic rings. The third kappa shape index (κ3) is 7.43. The van der Waals surface area contributed by atoms with E-state index in [4.69, 9.17) is 0 Å². The van der Waals surface area contributed by atoms with Crippen molar-refractivity contribution in [3.63, 3.8) is 0 Å². The summed E-state index contributed by atoms with van der Waals surface area (Å²) in [6.07, 6.45) is -267. The first-order valence-corrected chi connectivity index (χ1v) is 45.6. The fourth-order valence-corrected chi connectivity index (χ4v) is 141. The molecule has 80 heteroatoms. The molecular formula is C56H2F71N8Zn. The number of aromatic nitrogens is 8. The minimum atomic E-state index is -38.2. The van der Waals surface area contributed by atoms with Crippen molar-refractivity contribution in [3.05, 3.63) is 87.3 Å². The van der Waals surface area contributed by atoms with Crippen LogP contribution in [0, 0.1) is 87.3 Å². The summed E-state index contributed by atoms with van der Waals surface area (Å²) < 4.78 is 1130. The van der Waals surface area contributed by atoms with Crippen LogP contribution in [-0.4, -0.2) is 173 Å². The molecule has 765 valence electrons. The second-order valence-electron chi connectivity index (χ2n) is 32.5. The van der Waals surface area contributed by atoms with Crippen LogP contribution in [0.4, 0.5) is 312 Å². The number of hydrogen-bond donors (Lipinski definition) is 2. The molecule has 0 saturated carbocycles. The molecule has 0 saturated heterocycles. The van der Waals surface area contributed by atoms with Gasteiger partial charge in [0.05, 0.1) is 0 Å². The first-order chi connectivity index (χ1) is 59.4. The van der Waals surface area contributed by atoms with Crippen molar-refractivity contribution in [2.45, 2.75) is 133 Å². The fourth-order valence-electron chi connectivity index (χ4n) is 33.1. The summed E-state index contributed by atoms with van der Waals surface area (Å²) in [5.41, 5.74) is -38.2. The predicted octanol–water partition coefficient (Wildman–Crippen LogP) is 26.7. The van der Waals surface area contributed by atoms with Crippen molar-refractivity contribution in [2.24, 2.45) is 0 Å². The van der Waals surface area contributed by atoms with E-state index < -0.39 is 328 Å². The van der Waals surface area contributed by atoms with Gasteiger partial charge in [-0.15, -0.1) is 0 Å². The molecule has 3 aromatic heterocycles. The second kappa shape index (κ2) is 25.6. The summed E-state index contributed by atoms with van der Waals surface area (Å²) in [4.78, 5) is 7.33. The Hall–Kier alpha value is -10.1. The van der Waals surface area contributed by atoms with E-state index in [9.17, 15) is 0 Å². The van der Waals surface area contributed by atoms with Gasteiger partial charge in [-0.1, -0.05) is 0 Å². The second-order valence-corrected chi connectivity index (χ2v) is 77.1. The molecule has 9 rings (SSSR count). The van der Waals surface area contributed by atoms with Gasteiger partial charge in [0.15, 0.2) is 5.82 Å². The molecule has 2 aliphatic heterocycles. The Kier molecular flexibility index (Phi) is 20.6. The van der Waals surface area contributed by atoms with Crippen molar-refractivity contribution in [1.82, 2.24) is 39.9 Å². The fraction of sp³-hybridized carbons (Fsp3) is 0.429. The van der Waals surface area contributed by atoms with Crippen molar-refractivity contribution in [2.75, 3.05) is 0 Å². The summed E-state index contributed by atoms with van der Waals surface area (Å²) in [7, 11) is -38.2. The number of halogens is 71. The van der Waals surface area contributed by atoms with E-state index in [-0.39, 0.29) is 0 Å². The Balaban J connectivity index is 2.63. The van der Waals surface area contributed by atoms with E-state index in [2.05, 4.69) is 9.97 Å². The van der Waals surface area contributed by atoms with Gasteiger partial charge >= 0.3 is 656 Å². The third-order valence-electron chi connectivity index (χ3n) is 33.0. The normalized spacial score (nSPS) is 17.1. The Morgan fingerprint density at radius 1 is 0.140 bits per heavy atom.